The van der Waals surface area contributed by atoms with Crippen LogP contribution in [0.1, 0.15) is 137 Å². The van der Waals surface area contributed by atoms with Crippen molar-refractivity contribution in [2.24, 2.45) is 23.7 Å². The van der Waals surface area contributed by atoms with E-state index in [1.807, 2.05) is 20.8 Å². The Kier molecular flexibility index (Phi) is 19.1. The summed E-state index contributed by atoms with van der Waals surface area (Å²) in [7, 11) is 0. The van der Waals surface area contributed by atoms with E-state index in [1.54, 1.807) is 4.90 Å². The molecule has 44 heavy (non-hydrogen) atoms. The summed E-state index contributed by atoms with van der Waals surface area (Å²) < 4.78 is 5.37. The number of carbonyl (C=O) groups is 4. The predicted octanol–water partition coefficient (Wildman–Crippen LogP) is 8.13. The maximum Gasteiger partial charge on any atom is 0.410 e. The standard InChI is InChI=1S/C19H35NO4.C15H27NO4/c1-5-6-7-8-9-10-11-15-12-13-20(14-16(15)17(21)22)18(23)24-19(2,3)4;1-2-3-4-5-6-7-8-12-9-10-16(15(19)20)11-13(12)14(17)18/h15-16H,5-14H2,1-4H3,(H,21,22);12-13H,2-11H2,1H3,(H,17,18)(H,19,20). The molecule has 256 valence electrons. The number of unbranched alkanes of at least 4 members (excludes halogenated alkanes) is 10. The zero-order valence-corrected chi connectivity index (χ0v) is 28.2. The van der Waals surface area contributed by atoms with E-state index in [4.69, 9.17) is 9.84 Å². The monoisotopic (exact) mass is 626 g/mol. The van der Waals surface area contributed by atoms with Crippen LogP contribution in [-0.2, 0) is 14.3 Å². The molecule has 4 atom stereocenters. The predicted molar refractivity (Wildman–Crippen MR) is 172 cm³/mol. The SMILES string of the molecule is CCCCCCCCC1CCN(C(=O)O)CC1C(=O)O.CCCCCCCCC1CCN(C(=O)OC(C)(C)C)CC1C(=O)O. The van der Waals surface area contributed by atoms with Crippen molar-refractivity contribution in [3.05, 3.63) is 0 Å². The van der Waals surface area contributed by atoms with Gasteiger partial charge in [0.2, 0.25) is 0 Å². The quantitative estimate of drug-likeness (QED) is 0.146. The van der Waals surface area contributed by atoms with Crippen molar-refractivity contribution in [3.8, 4) is 0 Å². The number of aliphatic carboxylic acids is 2. The van der Waals surface area contributed by atoms with Gasteiger partial charge in [0.1, 0.15) is 5.60 Å². The molecule has 2 saturated heterocycles. The minimum Gasteiger partial charge on any atom is -0.481 e. The maximum absolute atomic E-state index is 12.2. The molecule has 0 spiro atoms. The number of hydrogen-bond donors (Lipinski definition) is 3. The zero-order valence-electron chi connectivity index (χ0n) is 28.2. The van der Waals surface area contributed by atoms with Crippen LogP contribution in [0.15, 0.2) is 0 Å². The molecule has 0 aromatic rings. The average Bonchev–Trinajstić information content (AvgIpc) is 2.96. The normalized spacial score (nSPS) is 22.1. The number of amides is 2. The molecule has 2 rings (SSSR count). The first-order valence-electron chi connectivity index (χ1n) is 17.2. The van der Waals surface area contributed by atoms with Crippen LogP contribution in [0.25, 0.3) is 0 Å². The van der Waals surface area contributed by atoms with Gasteiger partial charge in [-0.05, 0) is 58.3 Å². The molecule has 0 saturated carbocycles. The second-order valence-electron chi connectivity index (χ2n) is 13.8. The number of ether oxygens (including phenoxy) is 1. The Hall–Kier alpha value is -2.52. The molecule has 2 aliphatic rings. The fraction of sp³-hybridized carbons (Fsp3) is 0.882. The first-order chi connectivity index (χ1) is 20.8. The van der Waals surface area contributed by atoms with Gasteiger partial charge in [-0.2, -0.15) is 0 Å². The van der Waals surface area contributed by atoms with E-state index in [1.165, 1.54) is 62.7 Å². The molecule has 0 aromatic carbocycles. The third-order valence-corrected chi connectivity index (χ3v) is 8.93. The summed E-state index contributed by atoms with van der Waals surface area (Å²) in [4.78, 5) is 48.8. The number of piperidine rings is 2. The molecule has 2 amide bonds. The van der Waals surface area contributed by atoms with Crippen molar-refractivity contribution < 1.29 is 39.2 Å². The van der Waals surface area contributed by atoms with E-state index in [9.17, 15) is 29.4 Å². The van der Waals surface area contributed by atoms with Gasteiger partial charge < -0.3 is 29.9 Å². The Bertz CT molecular complexity index is 859. The lowest BCUT2D eigenvalue weighted by atomic mass is 9.82. The minimum atomic E-state index is -1.01. The molecule has 2 aliphatic heterocycles. The van der Waals surface area contributed by atoms with Crippen LogP contribution in [-0.4, -0.2) is 81.0 Å². The van der Waals surface area contributed by atoms with E-state index < -0.39 is 41.6 Å². The van der Waals surface area contributed by atoms with Crippen molar-refractivity contribution >= 4 is 24.1 Å². The lowest BCUT2D eigenvalue weighted by Crippen LogP contribution is -2.48. The van der Waals surface area contributed by atoms with Gasteiger partial charge in [-0.25, -0.2) is 9.59 Å². The number of carboxylic acid groups (broad SMARTS) is 3. The van der Waals surface area contributed by atoms with Gasteiger partial charge in [0.15, 0.2) is 0 Å². The van der Waals surface area contributed by atoms with Crippen LogP contribution >= 0.6 is 0 Å². The topological polar surface area (TPSA) is 145 Å². The number of carbonyl (C=O) groups excluding carboxylic acids is 1. The summed E-state index contributed by atoms with van der Waals surface area (Å²) in [6, 6.07) is 0. The second kappa shape index (κ2) is 21.3. The van der Waals surface area contributed by atoms with Gasteiger partial charge >= 0.3 is 24.1 Å². The van der Waals surface area contributed by atoms with Crippen LogP contribution in [0.3, 0.4) is 0 Å². The fourth-order valence-electron chi connectivity index (χ4n) is 6.29. The smallest absolute Gasteiger partial charge is 0.410 e. The summed E-state index contributed by atoms with van der Waals surface area (Å²) in [6.07, 6.45) is 16.4. The average molecular weight is 627 g/mol. The number of hydrogen-bond acceptors (Lipinski definition) is 5. The fourth-order valence-corrected chi connectivity index (χ4v) is 6.29. The molecule has 2 heterocycles. The summed E-state index contributed by atoms with van der Waals surface area (Å²) in [5, 5.41) is 27.7. The van der Waals surface area contributed by atoms with Crippen molar-refractivity contribution in [1.82, 2.24) is 9.80 Å². The van der Waals surface area contributed by atoms with Gasteiger partial charge in [0.25, 0.3) is 0 Å². The molecule has 2 fully saturated rings. The third kappa shape index (κ3) is 16.0. The molecule has 10 heteroatoms. The lowest BCUT2D eigenvalue weighted by Gasteiger charge is -2.37. The first kappa shape index (κ1) is 39.5. The molecule has 0 bridgehead atoms. The van der Waals surface area contributed by atoms with E-state index >= 15 is 0 Å². The van der Waals surface area contributed by atoms with Gasteiger partial charge in [0, 0.05) is 26.2 Å². The van der Waals surface area contributed by atoms with Crippen molar-refractivity contribution in [1.29, 1.82) is 0 Å². The number of carboxylic acids is 2. The highest BCUT2D eigenvalue weighted by Crippen LogP contribution is 2.31. The summed E-state index contributed by atoms with van der Waals surface area (Å²) in [6.45, 7) is 11.3. The Balaban J connectivity index is 0.000000447. The molecule has 0 aromatic heterocycles. The van der Waals surface area contributed by atoms with Crippen LogP contribution in [0, 0.1) is 23.7 Å². The Morgan fingerprint density at radius 1 is 0.636 bits per heavy atom. The van der Waals surface area contributed by atoms with E-state index in [0.717, 1.165) is 38.5 Å². The molecular weight excluding hydrogens is 564 g/mol. The lowest BCUT2D eigenvalue weighted by molar-refractivity contribution is -0.147. The first-order valence-corrected chi connectivity index (χ1v) is 17.2. The highest BCUT2D eigenvalue weighted by molar-refractivity contribution is 5.74. The Morgan fingerprint density at radius 2 is 1.02 bits per heavy atom. The van der Waals surface area contributed by atoms with Crippen LogP contribution in [0.2, 0.25) is 0 Å². The van der Waals surface area contributed by atoms with Crippen molar-refractivity contribution in [2.45, 2.75) is 143 Å². The molecular formula is C34H62N2O8. The molecule has 3 N–H and O–H groups in total. The van der Waals surface area contributed by atoms with Gasteiger partial charge in [-0.15, -0.1) is 0 Å². The Morgan fingerprint density at radius 3 is 1.41 bits per heavy atom. The largest absolute Gasteiger partial charge is 0.481 e. The minimum absolute atomic E-state index is 0.134. The summed E-state index contributed by atoms with van der Waals surface area (Å²) >= 11 is 0. The highest BCUT2D eigenvalue weighted by Gasteiger charge is 2.37. The molecule has 0 aliphatic carbocycles. The summed E-state index contributed by atoms with van der Waals surface area (Å²) in [5.41, 5.74) is -0.550. The van der Waals surface area contributed by atoms with Crippen molar-refractivity contribution in [2.75, 3.05) is 26.2 Å². The molecule has 4 unspecified atom stereocenters. The van der Waals surface area contributed by atoms with Crippen LogP contribution in [0.4, 0.5) is 9.59 Å². The number of likely N-dealkylation sites (tertiary alicyclic amines) is 2. The second-order valence-corrected chi connectivity index (χ2v) is 13.8. The van der Waals surface area contributed by atoms with E-state index in [0.29, 0.717) is 19.5 Å². The van der Waals surface area contributed by atoms with Gasteiger partial charge in [-0.1, -0.05) is 90.9 Å². The van der Waals surface area contributed by atoms with Crippen LogP contribution < -0.4 is 0 Å². The highest BCUT2D eigenvalue weighted by atomic mass is 16.6. The Labute approximate surface area is 265 Å². The van der Waals surface area contributed by atoms with Crippen LogP contribution in [0.5, 0.6) is 0 Å². The van der Waals surface area contributed by atoms with E-state index in [-0.39, 0.29) is 24.9 Å². The third-order valence-electron chi connectivity index (χ3n) is 8.93. The maximum atomic E-state index is 12.2. The van der Waals surface area contributed by atoms with E-state index in [2.05, 4.69) is 13.8 Å². The zero-order chi connectivity index (χ0) is 33.1. The van der Waals surface area contributed by atoms with Gasteiger partial charge in [0.05, 0.1) is 11.8 Å². The molecule has 0 radical (unpaired) electrons. The summed E-state index contributed by atoms with van der Waals surface area (Å²) in [5.74, 6) is -2.34. The van der Waals surface area contributed by atoms with Gasteiger partial charge in [-0.3, -0.25) is 9.59 Å². The number of nitrogens with zero attached hydrogens (tertiary/aromatic N) is 2. The van der Waals surface area contributed by atoms with Crippen molar-refractivity contribution in [3.63, 3.8) is 0 Å². The molecule has 10 nitrogen and oxygen atoms in total. The number of rotatable bonds is 16.